The first-order valence-electron chi connectivity index (χ1n) is 9.10. The molecule has 0 saturated carbocycles. The third-order valence-corrected chi connectivity index (χ3v) is 5.42. The van der Waals surface area contributed by atoms with Crippen LogP contribution in [0.15, 0.2) is 40.4 Å². The summed E-state index contributed by atoms with van der Waals surface area (Å²) in [5, 5.41) is 6.43. The summed E-state index contributed by atoms with van der Waals surface area (Å²) in [5.41, 5.74) is 0.999. The van der Waals surface area contributed by atoms with E-state index < -0.39 is 0 Å². The SMILES string of the molecule is Cc1ccc([C@H](CNCc2csc(-c3ncccn3)n2)N2CCOCC2)o1. The molecule has 27 heavy (non-hydrogen) atoms. The highest BCUT2D eigenvalue weighted by Gasteiger charge is 2.25. The highest BCUT2D eigenvalue weighted by atomic mass is 32.1. The average molecular weight is 385 g/mol. The maximum absolute atomic E-state index is 5.91. The van der Waals surface area contributed by atoms with Crippen LogP contribution in [0.5, 0.6) is 0 Å². The molecule has 1 atom stereocenters. The number of nitrogens with zero attached hydrogens (tertiary/aromatic N) is 4. The zero-order chi connectivity index (χ0) is 18.5. The van der Waals surface area contributed by atoms with Crippen molar-refractivity contribution in [2.45, 2.75) is 19.5 Å². The fraction of sp³-hybridized carbons (Fsp3) is 0.421. The number of hydrogen-bond donors (Lipinski definition) is 1. The Morgan fingerprint density at radius 2 is 2.04 bits per heavy atom. The minimum absolute atomic E-state index is 0.193. The number of morpholine rings is 1. The Bertz CT molecular complexity index is 845. The molecule has 0 aliphatic carbocycles. The number of rotatable bonds is 7. The summed E-state index contributed by atoms with van der Waals surface area (Å²) in [6.45, 7) is 6.84. The molecule has 0 amide bonds. The minimum atomic E-state index is 0.193. The fourth-order valence-corrected chi connectivity index (χ4v) is 3.93. The summed E-state index contributed by atoms with van der Waals surface area (Å²) < 4.78 is 11.4. The van der Waals surface area contributed by atoms with E-state index in [0.717, 1.165) is 55.1 Å². The maximum Gasteiger partial charge on any atom is 0.188 e. The predicted octanol–water partition coefficient (Wildman–Crippen LogP) is 2.66. The highest BCUT2D eigenvalue weighted by molar-refractivity contribution is 7.13. The average Bonchev–Trinajstić information content (AvgIpc) is 3.36. The van der Waals surface area contributed by atoms with Gasteiger partial charge in [-0.05, 0) is 25.1 Å². The Kier molecular flexibility index (Phi) is 5.88. The molecule has 1 saturated heterocycles. The number of ether oxygens (including phenoxy) is 1. The topological polar surface area (TPSA) is 76.3 Å². The van der Waals surface area contributed by atoms with Gasteiger partial charge in [-0.2, -0.15) is 0 Å². The summed E-state index contributed by atoms with van der Waals surface area (Å²) in [7, 11) is 0. The van der Waals surface area contributed by atoms with Gasteiger partial charge >= 0.3 is 0 Å². The number of thiazole rings is 1. The molecule has 3 aromatic heterocycles. The molecule has 4 heterocycles. The molecule has 0 unspecified atom stereocenters. The van der Waals surface area contributed by atoms with Crippen LogP contribution in [-0.4, -0.2) is 52.7 Å². The standard InChI is InChI=1S/C19H23N5O2S/c1-14-3-4-17(26-14)16(24-7-9-25-10-8-24)12-20-11-15-13-27-19(23-15)18-21-5-2-6-22-18/h2-6,13,16,20H,7-12H2,1H3/t16-/m0/s1. The van der Waals surface area contributed by atoms with Gasteiger partial charge in [0.15, 0.2) is 10.8 Å². The van der Waals surface area contributed by atoms with Gasteiger partial charge in [0, 0.05) is 44.0 Å². The zero-order valence-corrected chi connectivity index (χ0v) is 16.1. The third-order valence-electron chi connectivity index (χ3n) is 4.53. The lowest BCUT2D eigenvalue weighted by Crippen LogP contribution is -2.42. The first-order chi connectivity index (χ1) is 13.3. The molecule has 0 radical (unpaired) electrons. The van der Waals surface area contributed by atoms with Crippen LogP contribution in [0.3, 0.4) is 0 Å². The van der Waals surface area contributed by atoms with E-state index in [4.69, 9.17) is 9.15 Å². The van der Waals surface area contributed by atoms with Crippen molar-refractivity contribution < 1.29 is 9.15 Å². The van der Waals surface area contributed by atoms with Crippen LogP contribution in [0, 0.1) is 6.92 Å². The second-order valence-corrected chi connectivity index (χ2v) is 7.32. The summed E-state index contributed by atoms with van der Waals surface area (Å²) in [5.74, 6) is 2.61. The van der Waals surface area contributed by atoms with Gasteiger partial charge in [-0.1, -0.05) is 0 Å². The van der Waals surface area contributed by atoms with E-state index >= 15 is 0 Å². The molecule has 7 nitrogen and oxygen atoms in total. The Hall–Kier alpha value is -2.13. The van der Waals surface area contributed by atoms with Crippen molar-refractivity contribution in [3.63, 3.8) is 0 Å². The van der Waals surface area contributed by atoms with E-state index in [1.165, 1.54) is 0 Å². The van der Waals surface area contributed by atoms with Crippen LogP contribution in [0.4, 0.5) is 0 Å². The lowest BCUT2D eigenvalue weighted by Gasteiger charge is -2.33. The monoisotopic (exact) mass is 385 g/mol. The van der Waals surface area contributed by atoms with Gasteiger partial charge in [0.2, 0.25) is 0 Å². The van der Waals surface area contributed by atoms with Gasteiger partial charge in [0.05, 0.1) is 24.9 Å². The second-order valence-electron chi connectivity index (χ2n) is 6.46. The molecule has 3 aromatic rings. The van der Waals surface area contributed by atoms with Crippen LogP contribution in [0.1, 0.15) is 23.3 Å². The van der Waals surface area contributed by atoms with Crippen LogP contribution < -0.4 is 5.32 Å². The summed E-state index contributed by atoms with van der Waals surface area (Å²) in [6, 6.07) is 6.10. The molecular formula is C19H23N5O2S. The lowest BCUT2D eigenvalue weighted by atomic mass is 10.1. The van der Waals surface area contributed by atoms with Crippen LogP contribution in [0.2, 0.25) is 0 Å². The molecule has 142 valence electrons. The fourth-order valence-electron chi connectivity index (χ4n) is 3.17. The van der Waals surface area contributed by atoms with Gasteiger partial charge in [-0.3, -0.25) is 4.90 Å². The molecule has 1 aliphatic heterocycles. The number of aromatic nitrogens is 3. The van der Waals surface area contributed by atoms with Crippen molar-refractivity contribution in [3.8, 4) is 10.8 Å². The normalized spacial score (nSPS) is 16.5. The van der Waals surface area contributed by atoms with E-state index in [2.05, 4.69) is 36.6 Å². The third kappa shape index (κ3) is 4.59. The van der Waals surface area contributed by atoms with Crippen molar-refractivity contribution in [2.24, 2.45) is 0 Å². The van der Waals surface area contributed by atoms with Gasteiger partial charge in [0.25, 0.3) is 0 Å². The van der Waals surface area contributed by atoms with Gasteiger partial charge in [-0.15, -0.1) is 11.3 Å². The van der Waals surface area contributed by atoms with Crippen molar-refractivity contribution in [2.75, 3.05) is 32.8 Å². The van der Waals surface area contributed by atoms with E-state index in [1.54, 1.807) is 23.7 Å². The molecule has 8 heteroatoms. The Balaban J connectivity index is 1.38. The molecule has 0 spiro atoms. The van der Waals surface area contributed by atoms with Crippen LogP contribution in [-0.2, 0) is 11.3 Å². The number of nitrogens with one attached hydrogen (secondary N) is 1. The number of furan rings is 1. The first-order valence-corrected chi connectivity index (χ1v) is 9.98. The minimum Gasteiger partial charge on any atom is -0.465 e. The van der Waals surface area contributed by atoms with Crippen molar-refractivity contribution >= 4 is 11.3 Å². The van der Waals surface area contributed by atoms with Crippen molar-refractivity contribution in [1.82, 2.24) is 25.2 Å². The van der Waals surface area contributed by atoms with E-state index in [9.17, 15) is 0 Å². The number of aryl methyl sites for hydroxylation is 1. The largest absolute Gasteiger partial charge is 0.465 e. The van der Waals surface area contributed by atoms with E-state index in [1.807, 2.05) is 19.1 Å². The highest BCUT2D eigenvalue weighted by Crippen LogP contribution is 2.24. The predicted molar refractivity (Wildman–Crippen MR) is 103 cm³/mol. The van der Waals surface area contributed by atoms with Gasteiger partial charge in [-0.25, -0.2) is 15.0 Å². The van der Waals surface area contributed by atoms with Gasteiger partial charge < -0.3 is 14.5 Å². The summed E-state index contributed by atoms with van der Waals surface area (Å²) in [6.07, 6.45) is 3.47. The molecule has 1 aliphatic rings. The van der Waals surface area contributed by atoms with Crippen molar-refractivity contribution in [1.29, 1.82) is 0 Å². The lowest BCUT2D eigenvalue weighted by molar-refractivity contribution is 0.0115. The molecule has 1 N–H and O–H groups in total. The Morgan fingerprint density at radius 3 is 2.78 bits per heavy atom. The molecule has 0 bridgehead atoms. The van der Waals surface area contributed by atoms with E-state index in [0.29, 0.717) is 12.4 Å². The van der Waals surface area contributed by atoms with Crippen LogP contribution in [0.25, 0.3) is 10.8 Å². The quantitative estimate of drug-likeness (QED) is 0.670. The second kappa shape index (κ2) is 8.71. The maximum atomic E-state index is 5.91. The molecular weight excluding hydrogens is 362 g/mol. The smallest absolute Gasteiger partial charge is 0.188 e. The molecule has 1 fully saturated rings. The number of hydrogen-bond acceptors (Lipinski definition) is 8. The van der Waals surface area contributed by atoms with Crippen LogP contribution >= 0.6 is 11.3 Å². The zero-order valence-electron chi connectivity index (χ0n) is 15.3. The Morgan fingerprint density at radius 1 is 1.22 bits per heavy atom. The Labute approximate surface area is 162 Å². The van der Waals surface area contributed by atoms with Gasteiger partial charge in [0.1, 0.15) is 11.5 Å². The molecule has 4 rings (SSSR count). The van der Waals surface area contributed by atoms with Crippen molar-refractivity contribution in [3.05, 3.63) is 53.2 Å². The van der Waals surface area contributed by atoms with E-state index in [-0.39, 0.29) is 6.04 Å². The first kappa shape index (κ1) is 18.2. The summed E-state index contributed by atoms with van der Waals surface area (Å²) >= 11 is 1.57. The molecule has 0 aromatic carbocycles. The summed E-state index contributed by atoms with van der Waals surface area (Å²) in [4.78, 5) is 15.6.